The number of aryl methyl sites for hydroxylation is 1. The van der Waals surface area contributed by atoms with Crippen LogP contribution in [0.25, 0.3) is 17.5 Å². The molecule has 0 spiro atoms. The molecule has 6 heteroatoms. The quantitative estimate of drug-likeness (QED) is 0.526. The Hall–Kier alpha value is -2.73. The Morgan fingerprint density at radius 3 is 3.00 bits per heavy atom. The van der Waals surface area contributed by atoms with Crippen LogP contribution < -0.4 is 0 Å². The molecule has 0 aliphatic rings. The van der Waals surface area contributed by atoms with Crippen molar-refractivity contribution < 1.29 is 13.9 Å². The summed E-state index contributed by atoms with van der Waals surface area (Å²) in [6, 6.07) is 11.6. The number of benzene rings is 1. The molecule has 0 aliphatic heterocycles. The third kappa shape index (κ3) is 4.14. The van der Waals surface area contributed by atoms with Gasteiger partial charge in [-0.2, -0.15) is 0 Å². The maximum atomic E-state index is 11.6. The molecule has 0 atom stereocenters. The van der Waals surface area contributed by atoms with Crippen molar-refractivity contribution in [3.8, 4) is 11.5 Å². The lowest BCUT2D eigenvalue weighted by Gasteiger charge is -1.97. The van der Waals surface area contributed by atoms with Gasteiger partial charge in [0.05, 0.1) is 0 Å². The molecule has 0 radical (unpaired) electrons. The second kappa shape index (κ2) is 7.02. The first-order valence-corrected chi connectivity index (χ1v) is 7.86. The zero-order valence-corrected chi connectivity index (χ0v) is 13.2. The summed E-state index contributed by atoms with van der Waals surface area (Å²) in [7, 11) is 0. The van der Waals surface area contributed by atoms with Crippen molar-refractivity contribution in [1.29, 1.82) is 0 Å². The van der Waals surface area contributed by atoms with E-state index in [9.17, 15) is 4.79 Å². The Balaban J connectivity index is 1.58. The largest absolute Gasteiger partial charge is 0.452 e. The van der Waals surface area contributed by atoms with Crippen LogP contribution in [0, 0.1) is 6.92 Å². The first kappa shape index (κ1) is 15.2. The smallest absolute Gasteiger partial charge is 0.331 e. The molecule has 0 amide bonds. The molecule has 0 saturated heterocycles. The van der Waals surface area contributed by atoms with E-state index in [0.717, 1.165) is 16.0 Å². The van der Waals surface area contributed by atoms with Gasteiger partial charge in [0, 0.05) is 16.5 Å². The van der Waals surface area contributed by atoms with Crippen LogP contribution in [0.5, 0.6) is 0 Å². The molecule has 0 unspecified atom stereocenters. The molecule has 5 nitrogen and oxygen atoms in total. The van der Waals surface area contributed by atoms with E-state index in [1.807, 2.05) is 48.7 Å². The van der Waals surface area contributed by atoms with Gasteiger partial charge in [-0.25, -0.2) is 4.79 Å². The van der Waals surface area contributed by atoms with Crippen LogP contribution in [0.15, 0.2) is 52.3 Å². The number of ether oxygens (including phenoxy) is 1. The van der Waals surface area contributed by atoms with Gasteiger partial charge in [0.25, 0.3) is 5.89 Å². The van der Waals surface area contributed by atoms with E-state index in [-0.39, 0.29) is 12.5 Å². The number of rotatable bonds is 5. The Morgan fingerprint density at radius 1 is 1.30 bits per heavy atom. The monoisotopic (exact) mass is 326 g/mol. The summed E-state index contributed by atoms with van der Waals surface area (Å²) >= 11 is 1.55. The van der Waals surface area contributed by atoms with Gasteiger partial charge in [0.15, 0.2) is 6.61 Å². The first-order valence-electron chi connectivity index (χ1n) is 6.98. The summed E-state index contributed by atoms with van der Waals surface area (Å²) < 4.78 is 10.6. The third-order valence-corrected chi connectivity index (χ3v) is 3.83. The maximum Gasteiger partial charge on any atom is 0.331 e. The van der Waals surface area contributed by atoms with E-state index in [0.29, 0.717) is 5.89 Å². The van der Waals surface area contributed by atoms with Gasteiger partial charge in [0.1, 0.15) is 0 Å². The van der Waals surface area contributed by atoms with Crippen LogP contribution in [0.3, 0.4) is 0 Å². The highest BCUT2D eigenvalue weighted by Crippen LogP contribution is 2.19. The number of esters is 1. The fourth-order valence-corrected chi connectivity index (χ4v) is 2.54. The summed E-state index contributed by atoms with van der Waals surface area (Å²) in [5.74, 6) is 0.224. The van der Waals surface area contributed by atoms with Crippen molar-refractivity contribution in [2.24, 2.45) is 0 Å². The van der Waals surface area contributed by atoms with Crippen molar-refractivity contribution in [2.75, 3.05) is 0 Å². The van der Waals surface area contributed by atoms with Gasteiger partial charge in [-0.15, -0.1) is 21.5 Å². The molecule has 3 aromatic rings. The summed E-state index contributed by atoms with van der Waals surface area (Å²) in [4.78, 5) is 12.6. The number of carbonyl (C=O) groups is 1. The number of hydrogen-bond donors (Lipinski definition) is 0. The molecular formula is C17H14N2O3S. The second-order valence-electron chi connectivity index (χ2n) is 4.83. The van der Waals surface area contributed by atoms with Crippen LogP contribution in [0.4, 0.5) is 0 Å². The van der Waals surface area contributed by atoms with E-state index in [2.05, 4.69) is 10.2 Å². The van der Waals surface area contributed by atoms with Crippen LogP contribution in [-0.4, -0.2) is 16.2 Å². The van der Waals surface area contributed by atoms with Gasteiger partial charge in [0.2, 0.25) is 5.89 Å². The van der Waals surface area contributed by atoms with Gasteiger partial charge >= 0.3 is 5.97 Å². The zero-order valence-electron chi connectivity index (χ0n) is 12.4. The summed E-state index contributed by atoms with van der Waals surface area (Å²) in [5.41, 5.74) is 1.94. The van der Waals surface area contributed by atoms with Crippen molar-refractivity contribution in [3.63, 3.8) is 0 Å². The zero-order chi connectivity index (χ0) is 16.1. The number of thiophene rings is 1. The van der Waals surface area contributed by atoms with Gasteiger partial charge < -0.3 is 9.15 Å². The van der Waals surface area contributed by atoms with E-state index in [4.69, 9.17) is 9.15 Å². The SMILES string of the molecule is Cc1cccc(-c2nnc(COC(=O)/C=C/c3cccs3)o2)c1. The average molecular weight is 326 g/mol. The predicted octanol–water partition coefficient (Wildman–Crippen LogP) is 3.86. The second-order valence-corrected chi connectivity index (χ2v) is 5.81. The van der Waals surface area contributed by atoms with Crippen LogP contribution in [-0.2, 0) is 16.1 Å². The lowest BCUT2D eigenvalue weighted by atomic mass is 10.1. The van der Waals surface area contributed by atoms with E-state index in [1.54, 1.807) is 17.4 Å². The van der Waals surface area contributed by atoms with Crippen LogP contribution >= 0.6 is 11.3 Å². The van der Waals surface area contributed by atoms with E-state index < -0.39 is 5.97 Å². The van der Waals surface area contributed by atoms with Gasteiger partial charge in [-0.3, -0.25) is 0 Å². The molecule has 1 aromatic carbocycles. The highest BCUT2D eigenvalue weighted by molar-refractivity contribution is 7.10. The third-order valence-electron chi connectivity index (χ3n) is 3.00. The highest BCUT2D eigenvalue weighted by atomic mass is 32.1. The Labute approximate surface area is 137 Å². The van der Waals surface area contributed by atoms with E-state index in [1.165, 1.54) is 6.08 Å². The number of hydrogen-bond acceptors (Lipinski definition) is 6. The Bertz CT molecular complexity index is 822. The molecule has 0 fully saturated rings. The average Bonchev–Trinajstić information content (AvgIpc) is 3.22. The fourth-order valence-electron chi connectivity index (χ4n) is 1.92. The number of aromatic nitrogens is 2. The van der Waals surface area contributed by atoms with Crippen molar-refractivity contribution >= 4 is 23.4 Å². The predicted molar refractivity (Wildman–Crippen MR) is 87.6 cm³/mol. The standard InChI is InChI=1S/C17H14N2O3S/c1-12-4-2-5-13(10-12)17-19-18-15(22-17)11-21-16(20)8-7-14-6-3-9-23-14/h2-10H,11H2,1H3/b8-7+. The molecule has 23 heavy (non-hydrogen) atoms. The normalized spacial score (nSPS) is 11.0. The van der Waals surface area contributed by atoms with Crippen LogP contribution in [0.1, 0.15) is 16.3 Å². The minimum absolute atomic E-state index is 0.0492. The Kier molecular flexibility index (Phi) is 4.63. The van der Waals surface area contributed by atoms with Crippen LogP contribution in [0.2, 0.25) is 0 Å². The number of carbonyl (C=O) groups excluding carboxylic acids is 1. The minimum Gasteiger partial charge on any atom is -0.452 e. The molecule has 2 heterocycles. The lowest BCUT2D eigenvalue weighted by Crippen LogP contribution is -2.00. The summed E-state index contributed by atoms with van der Waals surface area (Å²) in [6.45, 7) is 1.94. The van der Waals surface area contributed by atoms with Crippen molar-refractivity contribution in [1.82, 2.24) is 10.2 Å². The van der Waals surface area contributed by atoms with Gasteiger partial charge in [-0.1, -0.05) is 23.8 Å². The topological polar surface area (TPSA) is 65.2 Å². The van der Waals surface area contributed by atoms with Crippen molar-refractivity contribution in [3.05, 3.63) is 64.2 Å². The summed E-state index contributed by atoms with van der Waals surface area (Å²) in [5, 5.41) is 9.80. The molecule has 0 bridgehead atoms. The molecular weight excluding hydrogens is 312 g/mol. The molecule has 2 aromatic heterocycles. The van der Waals surface area contributed by atoms with Crippen molar-refractivity contribution in [2.45, 2.75) is 13.5 Å². The molecule has 3 rings (SSSR count). The fraction of sp³-hybridized carbons (Fsp3) is 0.118. The summed E-state index contributed by atoms with van der Waals surface area (Å²) in [6.07, 6.45) is 3.09. The van der Waals surface area contributed by atoms with E-state index >= 15 is 0 Å². The van der Waals surface area contributed by atoms with Gasteiger partial charge in [-0.05, 0) is 36.6 Å². The molecule has 116 valence electrons. The first-order chi connectivity index (χ1) is 11.2. The number of nitrogens with zero attached hydrogens (tertiary/aromatic N) is 2. The molecule has 0 aliphatic carbocycles. The highest BCUT2D eigenvalue weighted by Gasteiger charge is 2.10. The minimum atomic E-state index is -0.450. The molecule has 0 N–H and O–H groups in total. The lowest BCUT2D eigenvalue weighted by molar-refractivity contribution is -0.139. The maximum absolute atomic E-state index is 11.6. The molecule has 0 saturated carbocycles. The Morgan fingerprint density at radius 2 is 2.22 bits per heavy atom.